The Morgan fingerprint density at radius 3 is 2.62 bits per heavy atom. The molecule has 0 bridgehead atoms. The minimum absolute atomic E-state index is 0.277. The van der Waals surface area contributed by atoms with Crippen molar-refractivity contribution in [3.63, 3.8) is 0 Å². The van der Waals surface area contributed by atoms with Gasteiger partial charge in [0.05, 0.1) is 23.8 Å². The summed E-state index contributed by atoms with van der Waals surface area (Å²) >= 11 is 0. The summed E-state index contributed by atoms with van der Waals surface area (Å²) in [5.41, 5.74) is 11.5. The van der Waals surface area contributed by atoms with Crippen LogP contribution in [0.3, 0.4) is 0 Å². The molecule has 3 aromatic carbocycles. The van der Waals surface area contributed by atoms with Gasteiger partial charge >= 0.3 is 0 Å². The van der Waals surface area contributed by atoms with Crippen molar-refractivity contribution < 1.29 is 8.78 Å². The molecule has 34 heavy (non-hydrogen) atoms. The van der Waals surface area contributed by atoms with Crippen LogP contribution in [0, 0.1) is 11.6 Å². The van der Waals surface area contributed by atoms with Gasteiger partial charge in [0.15, 0.2) is 0 Å². The summed E-state index contributed by atoms with van der Waals surface area (Å²) in [6, 6.07) is 14.6. The second kappa shape index (κ2) is 8.68. The SMILES string of the molecule is CN(C)CCn1cc(-c2ccc3c(c2)ncn3-c2cc(N)cc(-c3ccc(F)cc3F)c2)nn1. The first kappa shape index (κ1) is 21.7. The van der Waals surface area contributed by atoms with Gasteiger partial charge in [-0.05, 0) is 62.1 Å². The molecule has 7 nitrogen and oxygen atoms in total. The van der Waals surface area contributed by atoms with Gasteiger partial charge in [0, 0.05) is 35.1 Å². The number of anilines is 1. The summed E-state index contributed by atoms with van der Waals surface area (Å²) < 4.78 is 31.4. The van der Waals surface area contributed by atoms with Crippen LogP contribution in [0.15, 0.2) is 67.1 Å². The minimum Gasteiger partial charge on any atom is -0.399 e. The van der Waals surface area contributed by atoms with Crippen LogP contribution in [-0.4, -0.2) is 50.1 Å². The first-order valence-corrected chi connectivity index (χ1v) is 10.8. The quantitative estimate of drug-likeness (QED) is 0.382. The average molecular weight is 460 g/mol. The van der Waals surface area contributed by atoms with E-state index in [1.807, 2.05) is 47.7 Å². The minimum atomic E-state index is -0.643. The predicted octanol–water partition coefficient (Wildman–Crippen LogP) is 4.37. The zero-order chi connectivity index (χ0) is 23.8. The number of imidazole rings is 1. The Kier molecular flexibility index (Phi) is 5.54. The molecule has 0 aliphatic rings. The molecule has 0 fully saturated rings. The third-order valence-corrected chi connectivity index (χ3v) is 5.62. The molecule has 2 N–H and O–H groups in total. The average Bonchev–Trinajstić information content (AvgIpc) is 3.44. The first-order chi connectivity index (χ1) is 16.4. The van der Waals surface area contributed by atoms with Gasteiger partial charge in [-0.3, -0.25) is 9.25 Å². The van der Waals surface area contributed by atoms with Crippen molar-refractivity contribution in [1.29, 1.82) is 0 Å². The maximum absolute atomic E-state index is 14.4. The lowest BCUT2D eigenvalue weighted by Gasteiger charge is -2.11. The van der Waals surface area contributed by atoms with E-state index in [2.05, 4.69) is 20.2 Å². The number of nitrogens with zero attached hydrogens (tertiary/aromatic N) is 6. The number of hydrogen-bond acceptors (Lipinski definition) is 5. The number of benzene rings is 3. The maximum atomic E-state index is 14.4. The van der Waals surface area contributed by atoms with Gasteiger partial charge in [-0.1, -0.05) is 11.3 Å². The molecule has 2 aromatic heterocycles. The Bertz CT molecular complexity index is 1490. The van der Waals surface area contributed by atoms with E-state index in [-0.39, 0.29) is 5.56 Å². The molecule has 0 saturated heterocycles. The molecular formula is C25H23F2N7. The number of nitrogen functional groups attached to an aromatic ring is 1. The van der Waals surface area contributed by atoms with Crippen molar-refractivity contribution in [2.24, 2.45) is 0 Å². The maximum Gasteiger partial charge on any atom is 0.133 e. The van der Waals surface area contributed by atoms with Gasteiger partial charge in [0.25, 0.3) is 0 Å². The van der Waals surface area contributed by atoms with Crippen molar-refractivity contribution in [1.82, 2.24) is 29.4 Å². The molecule has 0 spiro atoms. The van der Waals surface area contributed by atoms with Crippen molar-refractivity contribution >= 4 is 16.7 Å². The molecule has 0 amide bonds. The lowest BCUT2D eigenvalue weighted by atomic mass is 10.0. The van der Waals surface area contributed by atoms with Crippen molar-refractivity contribution in [2.75, 3.05) is 26.4 Å². The highest BCUT2D eigenvalue weighted by molar-refractivity contribution is 5.83. The molecule has 0 aliphatic carbocycles. The summed E-state index contributed by atoms with van der Waals surface area (Å²) in [5, 5.41) is 8.49. The van der Waals surface area contributed by atoms with Gasteiger partial charge < -0.3 is 10.6 Å². The smallest absolute Gasteiger partial charge is 0.133 e. The van der Waals surface area contributed by atoms with Crippen LogP contribution in [0.4, 0.5) is 14.5 Å². The van der Waals surface area contributed by atoms with Crippen LogP contribution in [-0.2, 0) is 6.54 Å². The van der Waals surface area contributed by atoms with Crippen LogP contribution in [0.1, 0.15) is 0 Å². The van der Waals surface area contributed by atoms with Crippen LogP contribution < -0.4 is 5.73 Å². The second-order valence-corrected chi connectivity index (χ2v) is 8.43. The standard InChI is InChI=1S/C25H23F2N7/c1-32(2)7-8-33-14-24(30-31-33)16-3-6-25-23(11-16)29-15-34(25)20-10-17(9-19(28)13-20)21-5-4-18(26)12-22(21)27/h3-6,9-15H,7-8,28H2,1-2H3. The normalized spacial score (nSPS) is 11.6. The summed E-state index contributed by atoms with van der Waals surface area (Å²) in [4.78, 5) is 6.64. The highest BCUT2D eigenvalue weighted by Crippen LogP contribution is 2.30. The highest BCUT2D eigenvalue weighted by atomic mass is 19.1. The third kappa shape index (κ3) is 4.25. The fraction of sp³-hybridized carbons (Fsp3) is 0.160. The number of hydrogen-bond donors (Lipinski definition) is 1. The molecule has 2 heterocycles. The van der Waals surface area contributed by atoms with E-state index < -0.39 is 11.6 Å². The van der Waals surface area contributed by atoms with Crippen molar-refractivity contribution in [3.05, 3.63) is 78.8 Å². The van der Waals surface area contributed by atoms with Gasteiger partial charge in [0.2, 0.25) is 0 Å². The summed E-state index contributed by atoms with van der Waals surface area (Å²) in [6.45, 7) is 1.62. The van der Waals surface area contributed by atoms with Gasteiger partial charge in [-0.15, -0.1) is 5.10 Å². The van der Waals surface area contributed by atoms with E-state index in [4.69, 9.17) is 5.73 Å². The topological polar surface area (TPSA) is 77.8 Å². The summed E-state index contributed by atoms with van der Waals surface area (Å²) in [6.07, 6.45) is 3.62. The van der Waals surface area contributed by atoms with Gasteiger partial charge in [0.1, 0.15) is 23.7 Å². The Morgan fingerprint density at radius 1 is 0.971 bits per heavy atom. The molecule has 5 rings (SSSR count). The lowest BCUT2D eigenvalue weighted by Crippen LogP contribution is -2.18. The monoisotopic (exact) mass is 459 g/mol. The number of fused-ring (bicyclic) bond motifs is 1. The highest BCUT2D eigenvalue weighted by Gasteiger charge is 2.13. The molecular weight excluding hydrogens is 436 g/mol. The molecule has 0 unspecified atom stereocenters. The van der Waals surface area contributed by atoms with E-state index in [9.17, 15) is 8.78 Å². The Hall–Kier alpha value is -4.11. The molecule has 0 atom stereocenters. The van der Waals surface area contributed by atoms with Gasteiger partial charge in [-0.25, -0.2) is 13.8 Å². The largest absolute Gasteiger partial charge is 0.399 e. The fourth-order valence-electron chi connectivity index (χ4n) is 3.87. The second-order valence-electron chi connectivity index (χ2n) is 8.43. The Labute approximate surface area is 195 Å². The predicted molar refractivity (Wildman–Crippen MR) is 128 cm³/mol. The number of aromatic nitrogens is 5. The van der Waals surface area contributed by atoms with E-state index >= 15 is 0 Å². The molecule has 172 valence electrons. The van der Waals surface area contributed by atoms with Crippen molar-refractivity contribution in [2.45, 2.75) is 6.54 Å². The Morgan fingerprint density at radius 2 is 1.82 bits per heavy atom. The zero-order valence-electron chi connectivity index (χ0n) is 18.8. The zero-order valence-corrected chi connectivity index (χ0v) is 18.8. The summed E-state index contributed by atoms with van der Waals surface area (Å²) in [7, 11) is 4.03. The Balaban J connectivity index is 1.49. The molecule has 5 aromatic rings. The first-order valence-electron chi connectivity index (χ1n) is 10.8. The van der Waals surface area contributed by atoms with Crippen LogP contribution in [0.2, 0.25) is 0 Å². The fourth-order valence-corrected chi connectivity index (χ4v) is 3.87. The summed E-state index contributed by atoms with van der Waals surface area (Å²) in [5.74, 6) is -1.27. The molecule has 0 saturated carbocycles. The number of rotatable bonds is 6. The van der Waals surface area contributed by atoms with E-state index in [1.165, 1.54) is 12.1 Å². The van der Waals surface area contributed by atoms with Crippen molar-refractivity contribution in [3.8, 4) is 28.1 Å². The van der Waals surface area contributed by atoms with Crippen LogP contribution in [0.25, 0.3) is 39.1 Å². The van der Waals surface area contributed by atoms with Crippen LogP contribution in [0.5, 0.6) is 0 Å². The number of likely N-dealkylation sites (N-methyl/N-ethyl adjacent to an activating group) is 1. The lowest BCUT2D eigenvalue weighted by molar-refractivity contribution is 0.370. The van der Waals surface area contributed by atoms with E-state index in [0.29, 0.717) is 11.3 Å². The van der Waals surface area contributed by atoms with E-state index in [0.717, 1.165) is 47.1 Å². The molecule has 0 radical (unpaired) electrons. The third-order valence-electron chi connectivity index (χ3n) is 5.62. The van der Waals surface area contributed by atoms with Gasteiger partial charge in [-0.2, -0.15) is 0 Å². The van der Waals surface area contributed by atoms with Crippen LogP contribution >= 0.6 is 0 Å². The number of nitrogens with two attached hydrogens (primary N) is 1. The number of halogens is 2. The molecule has 9 heteroatoms. The molecule has 0 aliphatic heterocycles. The van der Waals surface area contributed by atoms with E-state index in [1.54, 1.807) is 24.5 Å².